The molecule has 3 nitrogen and oxygen atoms in total. The molecule has 0 spiro atoms. The molecule has 0 N–H and O–H groups in total. The summed E-state index contributed by atoms with van der Waals surface area (Å²) < 4.78 is 11.3. The number of carbonyl (C=O) groups excluding carboxylic acids is 1. The third kappa shape index (κ3) is 3.89. The number of methoxy groups -OCH3 is 2. The van der Waals surface area contributed by atoms with Crippen LogP contribution in [0, 0.1) is 3.57 Å². The molecule has 21 heavy (non-hydrogen) atoms. The zero-order chi connectivity index (χ0) is 15.4. The van der Waals surface area contributed by atoms with Crippen molar-refractivity contribution in [1.29, 1.82) is 0 Å². The van der Waals surface area contributed by atoms with Gasteiger partial charge in [-0.15, -0.1) is 0 Å². The topological polar surface area (TPSA) is 35.5 Å². The zero-order valence-electron chi connectivity index (χ0n) is 11.7. The average Bonchev–Trinajstić information content (AvgIpc) is 2.49. The Hall–Kier alpha value is -1.27. The van der Waals surface area contributed by atoms with Gasteiger partial charge in [-0.2, -0.15) is 0 Å². The van der Waals surface area contributed by atoms with Gasteiger partial charge in [-0.3, -0.25) is 4.79 Å². The number of Topliss-reactive ketones (excluding diaryl/α,β-unsaturated/α-hetero) is 1. The number of ketones is 1. The van der Waals surface area contributed by atoms with Crippen molar-refractivity contribution in [3.8, 4) is 11.5 Å². The van der Waals surface area contributed by atoms with E-state index in [1.165, 1.54) is 0 Å². The second-order valence-electron chi connectivity index (χ2n) is 4.41. The second kappa shape index (κ2) is 7.13. The summed E-state index contributed by atoms with van der Waals surface area (Å²) in [7, 11) is 3.15. The maximum absolute atomic E-state index is 12.4. The second-order valence-corrected chi connectivity index (χ2v) is 6.01. The lowest BCUT2D eigenvalue weighted by Gasteiger charge is -2.10. The summed E-state index contributed by atoms with van der Waals surface area (Å²) in [6.45, 7) is 0. The molecule has 0 bridgehead atoms. The highest BCUT2D eigenvalue weighted by Gasteiger charge is 2.13. The van der Waals surface area contributed by atoms with Crippen LogP contribution in [0.5, 0.6) is 11.5 Å². The molecule has 0 aliphatic carbocycles. The van der Waals surface area contributed by atoms with Gasteiger partial charge in [0.15, 0.2) is 17.3 Å². The lowest BCUT2D eigenvalue weighted by Crippen LogP contribution is -2.06. The van der Waals surface area contributed by atoms with Crippen LogP contribution in [0.1, 0.15) is 15.9 Å². The molecule has 0 aliphatic heterocycles. The van der Waals surface area contributed by atoms with Crippen molar-refractivity contribution < 1.29 is 14.3 Å². The van der Waals surface area contributed by atoms with E-state index in [9.17, 15) is 4.79 Å². The maximum atomic E-state index is 12.4. The average molecular weight is 417 g/mol. The van der Waals surface area contributed by atoms with Gasteiger partial charge in [-0.1, -0.05) is 17.7 Å². The minimum atomic E-state index is 0.0223. The number of rotatable bonds is 5. The van der Waals surface area contributed by atoms with Crippen molar-refractivity contribution in [2.75, 3.05) is 14.2 Å². The fourth-order valence-electron chi connectivity index (χ4n) is 1.98. The van der Waals surface area contributed by atoms with Gasteiger partial charge in [0, 0.05) is 20.6 Å². The quantitative estimate of drug-likeness (QED) is 0.536. The van der Waals surface area contributed by atoms with Crippen LogP contribution in [-0.4, -0.2) is 20.0 Å². The molecule has 0 saturated heterocycles. The summed E-state index contributed by atoms with van der Waals surface area (Å²) in [6.07, 6.45) is 0.288. The fraction of sp³-hybridized carbons (Fsp3) is 0.188. The van der Waals surface area contributed by atoms with E-state index in [-0.39, 0.29) is 12.2 Å². The van der Waals surface area contributed by atoms with Crippen molar-refractivity contribution in [2.45, 2.75) is 6.42 Å². The van der Waals surface area contributed by atoms with Crippen LogP contribution in [-0.2, 0) is 6.42 Å². The van der Waals surface area contributed by atoms with Crippen LogP contribution in [0.4, 0.5) is 0 Å². The van der Waals surface area contributed by atoms with Gasteiger partial charge < -0.3 is 9.47 Å². The molecule has 110 valence electrons. The summed E-state index contributed by atoms with van der Waals surface area (Å²) >= 11 is 8.10. The first kappa shape index (κ1) is 16.1. The summed E-state index contributed by atoms with van der Waals surface area (Å²) in [4.78, 5) is 12.4. The summed E-state index contributed by atoms with van der Waals surface area (Å²) in [6, 6.07) is 10.8. The Kier molecular flexibility index (Phi) is 5.47. The molecular formula is C16H14ClIO3. The Balaban J connectivity index is 2.25. The van der Waals surface area contributed by atoms with Crippen molar-refractivity contribution in [1.82, 2.24) is 0 Å². The Labute approximate surface area is 142 Å². The van der Waals surface area contributed by atoms with E-state index in [0.717, 1.165) is 9.13 Å². The molecule has 0 atom stereocenters. The highest BCUT2D eigenvalue weighted by atomic mass is 127. The Morgan fingerprint density at radius 2 is 1.81 bits per heavy atom. The molecule has 0 aromatic heterocycles. The number of hydrogen-bond acceptors (Lipinski definition) is 3. The third-order valence-electron chi connectivity index (χ3n) is 3.04. The van der Waals surface area contributed by atoms with Crippen molar-refractivity contribution in [3.05, 3.63) is 56.1 Å². The van der Waals surface area contributed by atoms with Crippen LogP contribution in [0.25, 0.3) is 0 Å². The first-order chi connectivity index (χ1) is 10.0. The smallest absolute Gasteiger partial charge is 0.168 e. The van der Waals surface area contributed by atoms with E-state index < -0.39 is 0 Å². The minimum Gasteiger partial charge on any atom is -0.493 e. The molecule has 0 unspecified atom stereocenters. The van der Waals surface area contributed by atoms with E-state index in [0.29, 0.717) is 22.1 Å². The van der Waals surface area contributed by atoms with Crippen molar-refractivity contribution >= 4 is 40.0 Å². The van der Waals surface area contributed by atoms with E-state index in [1.807, 2.05) is 18.2 Å². The van der Waals surface area contributed by atoms with Crippen molar-refractivity contribution in [3.63, 3.8) is 0 Å². The normalized spacial score (nSPS) is 10.3. The van der Waals surface area contributed by atoms with E-state index in [4.69, 9.17) is 21.1 Å². The predicted molar refractivity (Wildman–Crippen MR) is 91.7 cm³/mol. The number of halogens is 2. The van der Waals surface area contributed by atoms with Crippen LogP contribution < -0.4 is 9.47 Å². The van der Waals surface area contributed by atoms with E-state index in [2.05, 4.69) is 22.6 Å². The lowest BCUT2D eigenvalue weighted by molar-refractivity contribution is 0.0992. The number of ether oxygens (including phenoxy) is 2. The van der Waals surface area contributed by atoms with Crippen LogP contribution >= 0.6 is 34.2 Å². The standard InChI is InChI=1S/C16H14ClIO3/c1-20-15-6-3-10(8-16(15)21-2)7-14(19)12-9-11(17)4-5-13(12)18/h3-6,8-9H,7H2,1-2H3. The van der Waals surface area contributed by atoms with Gasteiger partial charge >= 0.3 is 0 Å². The number of benzene rings is 2. The van der Waals surface area contributed by atoms with Crippen LogP contribution in [0.3, 0.4) is 0 Å². The first-order valence-corrected chi connectivity index (χ1v) is 7.70. The molecule has 5 heteroatoms. The monoisotopic (exact) mass is 416 g/mol. The largest absolute Gasteiger partial charge is 0.493 e. The van der Waals surface area contributed by atoms with Gasteiger partial charge in [0.05, 0.1) is 14.2 Å². The molecule has 0 radical (unpaired) electrons. The molecule has 2 aromatic carbocycles. The Morgan fingerprint density at radius 1 is 1.10 bits per heavy atom. The molecule has 0 heterocycles. The molecule has 0 amide bonds. The SMILES string of the molecule is COc1ccc(CC(=O)c2cc(Cl)ccc2I)cc1OC. The molecule has 2 aromatic rings. The zero-order valence-corrected chi connectivity index (χ0v) is 14.6. The van der Waals surface area contributed by atoms with Gasteiger partial charge in [-0.05, 0) is 58.5 Å². The molecule has 2 rings (SSSR count). The van der Waals surface area contributed by atoms with E-state index in [1.54, 1.807) is 32.4 Å². The van der Waals surface area contributed by atoms with Crippen LogP contribution in [0.2, 0.25) is 5.02 Å². The summed E-state index contributed by atoms with van der Waals surface area (Å²) in [5.41, 5.74) is 1.51. The summed E-state index contributed by atoms with van der Waals surface area (Å²) in [5.74, 6) is 1.28. The van der Waals surface area contributed by atoms with Crippen molar-refractivity contribution in [2.24, 2.45) is 0 Å². The van der Waals surface area contributed by atoms with E-state index >= 15 is 0 Å². The molecular weight excluding hydrogens is 403 g/mol. The van der Waals surface area contributed by atoms with Crippen LogP contribution in [0.15, 0.2) is 36.4 Å². The molecule has 0 saturated carbocycles. The number of hydrogen-bond donors (Lipinski definition) is 0. The van der Waals surface area contributed by atoms with Gasteiger partial charge in [0.2, 0.25) is 0 Å². The number of carbonyl (C=O) groups is 1. The predicted octanol–water partition coefficient (Wildman–Crippen LogP) is 4.39. The summed E-state index contributed by atoms with van der Waals surface area (Å²) in [5, 5.41) is 0.561. The minimum absolute atomic E-state index is 0.0223. The highest BCUT2D eigenvalue weighted by molar-refractivity contribution is 14.1. The van der Waals surface area contributed by atoms with Gasteiger partial charge in [-0.25, -0.2) is 0 Å². The van der Waals surface area contributed by atoms with Gasteiger partial charge in [0.1, 0.15) is 0 Å². The third-order valence-corrected chi connectivity index (χ3v) is 4.22. The first-order valence-electron chi connectivity index (χ1n) is 6.24. The lowest BCUT2D eigenvalue weighted by atomic mass is 10.0. The Bertz CT molecular complexity index is 671. The molecule has 0 fully saturated rings. The highest BCUT2D eigenvalue weighted by Crippen LogP contribution is 2.28. The Morgan fingerprint density at radius 3 is 2.48 bits per heavy atom. The fourth-order valence-corrected chi connectivity index (χ4v) is 2.79. The molecule has 0 aliphatic rings. The maximum Gasteiger partial charge on any atom is 0.168 e. The van der Waals surface area contributed by atoms with Gasteiger partial charge in [0.25, 0.3) is 0 Å².